The lowest BCUT2D eigenvalue weighted by molar-refractivity contribution is -0.142. The van der Waals surface area contributed by atoms with Crippen molar-refractivity contribution in [3.05, 3.63) is 99.0 Å². The minimum Gasteiger partial charge on any atom is -0.496 e. The van der Waals surface area contributed by atoms with Gasteiger partial charge >= 0.3 is 5.97 Å². The van der Waals surface area contributed by atoms with Crippen LogP contribution in [0.2, 0.25) is 10.0 Å². The summed E-state index contributed by atoms with van der Waals surface area (Å²) in [5, 5.41) is 32.3. The van der Waals surface area contributed by atoms with Crippen molar-refractivity contribution in [2.45, 2.75) is 70.2 Å². The molecule has 6 rings (SSSR count). The van der Waals surface area contributed by atoms with Crippen LogP contribution in [0.15, 0.2) is 66.7 Å². The number of halogens is 2. The van der Waals surface area contributed by atoms with Crippen LogP contribution in [-0.4, -0.2) is 56.0 Å². The minimum absolute atomic E-state index is 0.103. The highest BCUT2D eigenvalue weighted by Gasteiger charge is 2.26. The van der Waals surface area contributed by atoms with Gasteiger partial charge in [0.2, 0.25) is 5.91 Å². The van der Waals surface area contributed by atoms with Gasteiger partial charge in [0, 0.05) is 89.4 Å². The molecule has 1 unspecified atom stereocenters. The maximum absolute atomic E-state index is 11.5. The first-order valence-electron chi connectivity index (χ1n) is 18.3. The van der Waals surface area contributed by atoms with Crippen LogP contribution >= 0.6 is 23.2 Å². The first kappa shape index (κ1) is 39.1. The van der Waals surface area contributed by atoms with Crippen molar-refractivity contribution >= 4 is 47.0 Å². The summed E-state index contributed by atoms with van der Waals surface area (Å²) in [6.07, 6.45) is 5.76. The normalized spacial score (nSPS) is 18.2. The summed E-state index contributed by atoms with van der Waals surface area (Å²) in [5.74, 6) is 0.597. The second-order valence-electron chi connectivity index (χ2n) is 13.9. The van der Waals surface area contributed by atoms with E-state index in [2.05, 4.69) is 21.3 Å². The lowest BCUT2D eigenvalue weighted by Crippen LogP contribution is -2.35. The van der Waals surface area contributed by atoms with Gasteiger partial charge in [0.05, 0.1) is 25.2 Å². The van der Waals surface area contributed by atoms with Gasteiger partial charge in [-0.3, -0.25) is 9.59 Å². The lowest BCUT2D eigenvalue weighted by atomic mass is 9.86. The van der Waals surface area contributed by atoms with E-state index in [1.807, 2.05) is 66.7 Å². The molecule has 1 aliphatic heterocycles. The fourth-order valence-electron chi connectivity index (χ4n) is 7.43. The van der Waals surface area contributed by atoms with Gasteiger partial charge in [-0.05, 0) is 73.1 Å². The highest BCUT2D eigenvalue weighted by Crippen LogP contribution is 2.40. The second kappa shape index (κ2) is 18.1. The van der Waals surface area contributed by atoms with Crippen LogP contribution in [0.25, 0.3) is 22.3 Å². The van der Waals surface area contributed by atoms with E-state index in [1.165, 1.54) is 6.21 Å². The Morgan fingerprint density at radius 3 is 2.30 bits per heavy atom. The van der Waals surface area contributed by atoms with E-state index in [4.69, 9.17) is 38.1 Å². The molecule has 12 heteroatoms. The maximum atomic E-state index is 11.5. The summed E-state index contributed by atoms with van der Waals surface area (Å²) < 4.78 is 11.5. The van der Waals surface area contributed by atoms with Crippen LogP contribution in [0, 0.1) is 11.3 Å². The lowest BCUT2D eigenvalue weighted by Gasteiger charge is -2.27. The van der Waals surface area contributed by atoms with Crippen molar-refractivity contribution in [1.29, 1.82) is 5.41 Å². The molecule has 4 aromatic carbocycles. The first-order chi connectivity index (χ1) is 26.2. The van der Waals surface area contributed by atoms with E-state index in [0.717, 1.165) is 69.6 Å². The van der Waals surface area contributed by atoms with Gasteiger partial charge in [-0.2, -0.15) is 0 Å². The summed E-state index contributed by atoms with van der Waals surface area (Å²) in [4.78, 5) is 22.9. The molecule has 4 aromatic rings. The number of aliphatic carboxylic acids is 1. The van der Waals surface area contributed by atoms with Gasteiger partial charge in [-0.25, -0.2) is 0 Å². The van der Waals surface area contributed by atoms with Crippen molar-refractivity contribution in [3.8, 4) is 33.8 Å². The summed E-state index contributed by atoms with van der Waals surface area (Å²) in [7, 11) is 3.29. The van der Waals surface area contributed by atoms with Crippen molar-refractivity contribution in [2.24, 2.45) is 5.92 Å². The number of hydrogen-bond acceptors (Lipinski definition) is 8. The molecule has 1 aliphatic carbocycles. The number of rotatable bonds is 16. The molecule has 2 fully saturated rings. The molecule has 1 atom stereocenters. The fourth-order valence-corrected chi connectivity index (χ4v) is 8.02. The molecule has 54 heavy (non-hydrogen) atoms. The average Bonchev–Trinajstić information content (AvgIpc) is 3.61. The van der Waals surface area contributed by atoms with Crippen LogP contribution in [-0.2, 0) is 29.2 Å². The third-order valence-electron chi connectivity index (χ3n) is 10.5. The van der Waals surface area contributed by atoms with Gasteiger partial charge in [-0.1, -0.05) is 65.7 Å². The summed E-state index contributed by atoms with van der Waals surface area (Å²) in [6, 6.07) is 22.0. The number of ether oxygens (including phenoxy) is 2. The van der Waals surface area contributed by atoms with Gasteiger partial charge in [0.25, 0.3) is 0 Å². The molecule has 284 valence electrons. The quantitative estimate of drug-likeness (QED) is 0.0628. The predicted octanol–water partition coefficient (Wildman–Crippen LogP) is 8.06. The van der Waals surface area contributed by atoms with E-state index < -0.39 is 5.97 Å². The van der Waals surface area contributed by atoms with Crippen molar-refractivity contribution in [3.63, 3.8) is 0 Å². The Bertz CT molecular complexity index is 2000. The highest BCUT2D eigenvalue weighted by atomic mass is 35.5. The number of anilines is 1. The van der Waals surface area contributed by atoms with Crippen LogP contribution in [0.1, 0.15) is 60.8 Å². The van der Waals surface area contributed by atoms with E-state index in [-0.39, 0.29) is 23.9 Å². The first-order valence-corrected chi connectivity index (χ1v) is 19.1. The Morgan fingerprint density at radius 2 is 1.59 bits per heavy atom. The standard InChI is InChI=1S/C42H47Cl2N5O5/c1-53-38-18-26(9-10-27(38)21-46-24-31-15-16-40(50)49-31)32-5-3-7-34(41(32)44)33-6-4-8-37(35(33)20-45)48-22-28-19-39(54-2)29(17-36(28)43)23-47-30-13-11-25(12-14-30)42(51)52/h3-10,17-20,25,30-31,45-48H,11-16,21-24H2,1-2H3,(H,49,50)(H,51,52). The molecule has 6 N–H and O–H groups in total. The van der Waals surface area contributed by atoms with Crippen LogP contribution in [0.4, 0.5) is 5.69 Å². The van der Waals surface area contributed by atoms with E-state index >= 15 is 0 Å². The molecule has 0 aromatic heterocycles. The van der Waals surface area contributed by atoms with Crippen LogP contribution in [0.3, 0.4) is 0 Å². The Kier molecular flexibility index (Phi) is 13.1. The Balaban J connectivity index is 1.15. The molecular weight excluding hydrogens is 725 g/mol. The third-order valence-corrected chi connectivity index (χ3v) is 11.3. The predicted molar refractivity (Wildman–Crippen MR) is 215 cm³/mol. The molecule has 10 nitrogen and oxygen atoms in total. The zero-order valence-corrected chi connectivity index (χ0v) is 32.1. The molecule has 0 bridgehead atoms. The fraction of sp³-hybridized carbons (Fsp3) is 0.357. The Hall–Kier alpha value is -4.61. The molecule has 1 saturated heterocycles. The highest BCUT2D eigenvalue weighted by molar-refractivity contribution is 6.36. The number of carbonyl (C=O) groups excluding carboxylic acids is 1. The van der Waals surface area contributed by atoms with Gasteiger partial charge in [0.1, 0.15) is 11.5 Å². The largest absolute Gasteiger partial charge is 0.496 e. The second-order valence-corrected chi connectivity index (χ2v) is 14.7. The van der Waals surface area contributed by atoms with Gasteiger partial charge in [0.15, 0.2) is 0 Å². The number of carboxylic acids is 1. The zero-order chi connectivity index (χ0) is 38.2. The Labute approximate surface area is 326 Å². The smallest absolute Gasteiger partial charge is 0.306 e. The molecule has 1 saturated carbocycles. The molecular formula is C42H47Cl2N5O5. The van der Waals surface area contributed by atoms with Crippen molar-refractivity contribution < 1.29 is 24.2 Å². The molecule has 0 spiro atoms. The van der Waals surface area contributed by atoms with E-state index in [1.54, 1.807) is 14.2 Å². The molecule has 1 heterocycles. The summed E-state index contributed by atoms with van der Waals surface area (Å²) in [5.41, 5.74) is 7.60. The van der Waals surface area contributed by atoms with Crippen molar-refractivity contribution in [1.82, 2.24) is 16.0 Å². The number of methoxy groups -OCH3 is 2. The number of hydrogen-bond donors (Lipinski definition) is 6. The number of amides is 1. The Morgan fingerprint density at radius 1 is 0.870 bits per heavy atom. The minimum atomic E-state index is -0.707. The van der Waals surface area contributed by atoms with Crippen LogP contribution in [0.5, 0.6) is 11.5 Å². The molecule has 0 radical (unpaired) electrons. The molecule has 2 aliphatic rings. The summed E-state index contributed by atoms with van der Waals surface area (Å²) >= 11 is 14.0. The van der Waals surface area contributed by atoms with Crippen molar-refractivity contribution in [2.75, 3.05) is 26.1 Å². The third kappa shape index (κ3) is 9.18. The number of benzene rings is 4. The van der Waals surface area contributed by atoms with Gasteiger partial charge in [-0.15, -0.1) is 0 Å². The monoisotopic (exact) mass is 771 g/mol. The van der Waals surface area contributed by atoms with Gasteiger partial charge < -0.3 is 41.3 Å². The van der Waals surface area contributed by atoms with Crippen LogP contribution < -0.4 is 30.7 Å². The number of carbonyl (C=O) groups is 2. The number of nitrogens with one attached hydrogen (secondary N) is 5. The maximum Gasteiger partial charge on any atom is 0.306 e. The van der Waals surface area contributed by atoms with E-state index in [0.29, 0.717) is 66.8 Å². The average molecular weight is 773 g/mol. The van der Waals surface area contributed by atoms with E-state index in [9.17, 15) is 14.7 Å². The summed E-state index contributed by atoms with van der Waals surface area (Å²) in [6.45, 7) is 2.26. The number of carboxylic acid groups (broad SMARTS) is 1. The SMILES string of the molecule is COc1cc(-c2cccc(-c3cccc(NCc4cc(OC)c(CNC5CCC(C(=O)O)CC5)cc4Cl)c3C=N)c2Cl)ccc1CNCC1CCC(=O)N1. The topological polar surface area (TPSA) is 145 Å². The molecule has 1 amide bonds. The zero-order valence-electron chi connectivity index (χ0n) is 30.6.